The van der Waals surface area contributed by atoms with E-state index in [1.54, 1.807) is 54.3 Å². The SMILES string of the molecule is COc1ccc(-c2cn(-c3ccc(F)cc3)c(NC(=O)CN(C(=O)c3ccccc3Cl)C(C)C)n2)cc1. The first-order valence-corrected chi connectivity index (χ1v) is 12.0. The molecule has 0 saturated carbocycles. The molecule has 1 heterocycles. The Morgan fingerprint density at radius 1 is 1.05 bits per heavy atom. The maximum absolute atomic E-state index is 13.6. The minimum atomic E-state index is -0.440. The first-order chi connectivity index (χ1) is 17.8. The molecule has 2 amide bonds. The van der Waals surface area contributed by atoms with Gasteiger partial charge in [0.25, 0.3) is 5.91 Å². The van der Waals surface area contributed by atoms with E-state index >= 15 is 0 Å². The Labute approximate surface area is 219 Å². The lowest BCUT2D eigenvalue weighted by molar-refractivity contribution is -0.117. The fourth-order valence-electron chi connectivity index (χ4n) is 3.77. The van der Waals surface area contributed by atoms with Gasteiger partial charge >= 0.3 is 0 Å². The van der Waals surface area contributed by atoms with Crippen molar-refractivity contribution >= 4 is 29.4 Å². The second-order valence-electron chi connectivity index (χ2n) is 8.58. The number of rotatable bonds is 8. The Hall–Kier alpha value is -4.17. The van der Waals surface area contributed by atoms with Gasteiger partial charge in [0.1, 0.15) is 18.1 Å². The van der Waals surface area contributed by atoms with Gasteiger partial charge in [0.2, 0.25) is 11.9 Å². The van der Waals surface area contributed by atoms with Crippen molar-refractivity contribution in [3.8, 4) is 22.7 Å². The zero-order valence-corrected chi connectivity index (χ0v) is 21.4. The monoisotopic (exact) mass is 520 g/mol. The summed E-state index contributed by atoms with van der Waals surface area (Å²) < 4.78 is 20.4. The molecular weight excluding hydrogens is 495 g/mol. The molecule has 0 atom stereocenters. The Morgan fingerprint density at radius 3 is 2.35 bits per heavy atom. The first-order valence-electron chi connectivity index (χ1n) is 11.6. The van der Waals surface area contributed by atoms with Gasteiger partial charge in [-0.3, -0.25) is 19.5 Å². The molecular formula is C28H26ClFN4O3. The van der Waals surface area contributed by atoms with Gasteiger partial charge in [0, 0.05) is 23.5 Å². The highest BCUT2D eigenvalue weighted by molar-refractivity contribution is 6.33. The second-order valence-corrected chi connectivity index (χ2v) is 8.99. The number of benzene rings is 3. The Balaban J connectivity index is 1.63. The lowest BCUT2D eigenvalue weighted by Gasteiger charge is -2.26. The van der Waals surface area contributed by atoms with Crippen molar-refractivity contribution in [2.75, 3.05) is 19.0 Å². The topological polar surface area (TPSA) is 76.5 Å². The van der Waals surface area contributed by atoms with E-state index in [4.69, 9.17) is 16.3 Å². The molecule has 0 aliphatic carbocycles. The van der Waals surface area contributed by atoms with Crippen molar-refractivity contribution in [2.24, 2.45) is 0 Å². The number of carbonyl (C=O) groups is 2. The van der Waals surface area contributed by atoms with Gasteiger partial charge in [-0.25, -0.2) is 9.37 Å². The molecule has 0 bridgehead atoms. The van der Waals surface area contributed by atoms with Crippen LogP contribution in [0.5, 0.6) is 5.75 Å². The van der Waals surface area contributed by atoms with Gasteiger partial charge in [0.15, 0.2) is 0 Å². The van der Waals surface area contributed by atoms with E-state index < -0.39 is 5.91 Å². The van der Waals surface area contributed by atoms with Crippen LogP contribution in [0.15, 0.2) is 79.0 Å². The van der Waals surface area contributed by atoms with Crippen molar-refractivity contribution in [3.05, 3.63) is 95.4 Å². The van der Waals surface area contributed by atoms with Crippen molar-refractivity contribution in [2.45, 2.75) is 19.9 Å². The van der Waals surface area contributed by atoms with E-state index in [1.807, 2.05) is 38.1 Å². The molecule has 3 aromatic carbocycles. The van der Waals surface area contributed by atoms with Crippen molar-refractivity contribution in [1.29, 1.82) is 0 Å². The van der Waals surface area contributed by atoms with E-state index in [-0.39, 0.29) is 30.3 Å². The fourth-order valence-corrected chi connectivity index (χ4v) is 3.98. The summed E-state index contributed by atoms with van der Waals surface area (Å²) >= 11 is 6.22. The molecule has 1 N–H and O–H groups in total. The second kappa shape index (κ2) is 11.3. The van der Waals surface area contributed by atoms with Gasteiger partial charge in [-0.05, 0) is 74.5 Å². The van der Waals surface area contributed by atoms with Crippen LogP contribution in [0, 0.1) is 5.82 Å². The molecule has 4 rings (SSSR count). The summed E-state index contributed by atoms with van der Waals surface area (Å²) in [5.41, 5.74) is 2.32. The smallest absolute Gasteiger partial charge is 0.256 e. The number of anilines is 1. The normalized spacial score (nSPS) is 10.9. The quantitative estimate of drug-likeness (QED) is 0.317. The molecule has 37 heavy (non-hydrogen) atoms. The van der Waals surface area contributed by atoms with E-state index in [0.29, 0.717) is 27.7 Å². The zero-order valence-electron chi connectivity index (χ0n) is 20.6. The summed E-state index contributed by atoms with van der Waals surface area (Å²) in [5.74, 6) is -0.236. The first kappa shape index (κ1) is 25.9. The number of ether oxygens (including phenoxy) is 1. The number of nitrogens with one attached hydrogen (secondary N) is 1. The molecule has 7 nitrogen and oxygen atoms in total. The lowest BCUT2D eigenvalue weighted by atomic mass is 10.1. The van der Waals surface area contributed by atoms with Crippen LogP contribution in [0.2, 0.25) is 5.02 Å². The number of aromatic nitrogens is 2. The summed E-state index contributed by atoms with van der Waals surface area (Å²) in [6.45, 7) is 3.43. The van der Waals surface area contributed by atoms with Crippen LogP contribution in [0.1, 0.15) is 24.2 Å². The molecule has 1 aromatic heterocycles. The largest absolute Gasteiger partial charge is 0.497 e. The summed E-state index contributed by atoms with van der Waals surface area (Å²) in [7, 11) is 1.59. The van der Waals surface area contributed by atoms with E-state index in [9.17, 15) is 14.0 Å². The molecule has 0 unspecified atom stereocenters. The molecule has 0 aliphatic rings. The van der Waals surface area contributed by atoms with Gasteiger partial charge in [-0.2, -0.15) is 0 Å². The molecule has 0 radical (unpaired) electrons. The number of hydrogen-bond donors (Lipinski definition) is 1. The van der Waals surface area contributed by atoms with Gasteiger partial charge < -0.3 is 9.64 Å². The predicted octanol–water partition coefficient (Wildman–Crippen LogP) is 5.83. The Kier molecular flexibility index (Phi) is 7.89. The van der Waals surface area contributed by atoms with Crippen LogP contribution in [0.25, 0.3) is 16.9 Å². The van der Waals surface area contributed by atoms with Crippen LogP contribution in [-0.2, 0) is 4.79 Å². The molecule has 190 valence electrons. The van der Waals surface area contributed by atoms with E-state index in [2.05, 4.69) is 10.3 Å². The fraction of sp³-hybridized carbons (Fsp3) is 0.179. The molecule has 4 aromatic rings. The summed E-state index contributed by atoms with van der Waals surface area (Å²) in [5, 5.41) is 3.12. The van der Waals surface area contributed by atoms with Crippen molar-refractivity contribution < 1.29 is 18.7 Å². The standard InChI is InChI=1S/C28H26ClFN4O3/c1-18(2)33(27(36)23-6-4-5-7-24(23)29)17-26(35)32-28-31-25(19-8-14-22(37-3)15-9-19)16-34(28)21-12-10-20(30)11-13-21/h4-16,18H,17H2,1-3H3,(H,31,32,35). The Morgan fingerprint density at radius 2 is 1.73 bits per heavy atom. The van der Waals surface area contributed by atoms with Gasteiger partial charge in [0.05, 0.1) is 23.4 Å². The summed E-state index contributed by atoms with van der Waals surface area (Å²) in [6, 6.07) is 19.6. The minimum absolute atomic E-state index is 0.212. The summed E-state index contributed by atoms with van der Waals surface area (Å²) in [4.78, 5) is 32.4. The van der Waals surface area contributed by atoms with Crippen LogP contribution in [-0.4, -0.2) is 46.0 Å². The van der Waals surface area contributed by atoms with Crippen molar-refractivity contribution in [1.82, 2.24) is 14.5 Å². The van der Waals surface area contributed by atoms with Crippen LogP contribution in [0.4, 0.5) is 10.3 Å². The zero-order chi connectivity index (χ0) is 26.5. The lowest BCUT2D eigenvalue weighted by Crippen LogP contribution is -2.42. The number of nitrogens with zero attached hydrogens (tertiary/aromatic N) is 3. The average Bonchev–Trinajstić information content (AvgIpc) is 3.31. The number of carbonyl (C=O) groups excluding carboxylic acids is 2. The number of amides is 2. The highest BCUT2D eigenvalue weighted by Gasteiger charge is 2.24. The highest BCUT2D eigenvalue weighted by Crippen LogP contribution is 2.26. The number of halogens is 2. The molecule has 0 aliphatic heterocycles. The van der Waals surface area contributed by atoms with Crippen LogP contribution < -0.4 is 10.1 Å². The third-order valence-electron chi connectivity index (χ3n) is 5.75. The van der Waals surface area contributed by atoms with Crippen LogP contribution >= 0.6 is 11.6 Å². The van der Waals surface area contributed by atoms with Crippen molar-refractivity contribution in [3.63, 3.8) is 0 Å². The molecule has 0 saturated heterocycles. The molecule has 0 fully saturated rings. The maximum Gasteiger partial charge on any atom is 0.256 e. The number of imidazole rings is 1. The minimum Gasteiger partial charge on any atom is -0.497 e. The van der Waals surface area contributed by atoms with Crippen LogP contribution in [0.3, 0.4) is 0 Å². The number of hydrogen-bond acceptors (Lipinski definition) is 4. The number of methoxy groups -OCH3 is 1. The molecule has 0 spiro atoms. The molecule has 9 heteroatoms. The Bertz CT molecular complexity index is 1400. The average molecular weight is 521 g/mol. The summed E-state index contributed by atoms with van der Waals surface area (Å²) in [6.07, 6.45) is 1.75. The third-order valence-corrected chi connectivity index (χ3v) is 6.08. The van der Waals surface area contributed by atoms with E-state index in [0.717, 1.165) is 5.56 Å². The maximum atomic E-state index is 13.6. The predicted molar refractivity (Wildman–Crippen MR) is 142 cm³/mol. The third kappa shape index (κ3) is 5.98. The van der Waals surface area contributed by atoms with Gasteiger partial charge in [-0.1, -0.05) is 23.7 Å². The van der Waals surface area contributed by atoms with Gasteiger partial charge in [-0.15, -0.1) is 0 Å². The van der Waals surface area contributed by atoms with E-state index in [1.165, 1.54) is 17.0 Å². The highest BCUT2D eigenvalue weighted by atomic mass is 35.5.